The van der Waals surface area contributed by atoms with E-state index in [4.69, 9.17) is 47.8 Å². The Morgan fingerprint density at radius 2 is 1.44 bits per heavy atom. The molecule has 0 fully saturated rings. The molecule has 24 heteroatoms. The number of aromatic hydroxyl groups is 2. The van der Waals surface area contributed by atoms with Crippen LogP contribution in [0.15, 0.2) is 17.0 Å². The van der Waals surface area contributed by atoms with Gasteiger partial charge in [-0.25, -0.2) is 13.9 Å². The van der Waals surface area contributed by atoms with Crippen molar-refractivity contribution >= 4 is 57.1 Å². The largest absolute Gasteiger partial charge is 0.508 e. The number of thioether (sulfide) groups is 1. The van der Waals surface area contributed by atoms with Crippen molar-refractivity contribution in [1.82, 2.24) is 10.6 Å². The smallest absolute Gasteiger partial charge is 0.475 e. The summed E-state index contributed by atoms with van der Waals surface area (Å²) in [5.41, 5.74) is 4.82. The number of benzene rings is 1. The van der Waals surface area contributed by atoms with Crippen LogP contribution in [0.2, 0.25) is 0 Å². The summed E-state index contributed by atoms with van der Waals surface area (Å²) in [5, 5.41) is 43.6. The van der Waals surface area contributed by atoms with Crippen LogP contribution in [0.25, 0.3) is 0 Å². The highest BCUT2D eigenvalue weighted by molar-refractivity contribution is 7.99. The van der Waals surface area contributed by atoms with Gasteiger partial charge >= 0.3 is 33.6 Å². The van der Waals surface area contributed by atoms with E-state index in [9.17, 15) is 43.3 Å². The predicted octanol–water partition coefficient (Wildman–Crippen LogP) is 1.99. The van der Waals surface area contributed by atoms with E-state index in [1.165, 1.54) is 27.7 Å². The first kappa shape index (κ1) is 46.7. The average Bonchev–Trinajstić information content (AvgIpc) is 3.06. The first-order chi connectivity index (χ1) is 24.4. The standard InChI is InChI=1S/C28H45N3O18P2S/c1-5-44-50(41,45-6-2)48-15-18(49-51(42,46-7-3)47-8-4)14-43-28(40)19-11-17(32)12-22(25(19)36)52-16-21(26(37)30-13-24(34)35)31-23(33)10-9-20(29)27(38)39/h11-12,18,20-21,32,36H,5-10,13-16,29H2,1-4H3,(H,30,37)(H,31,33)(H,34,35)(H,38,39). The highest BCUT2D eigenvalue weighted by atomic mass is 32.2. The van der Waals surface area contributed by atoms with E-state index < -0.39 is 107 Å². The van der Waals surface area contributed by atoms with Gasteiger partial charge in [0.1, 0.15) is 48.4 Å². The van der Waals surface area contributed by atoms with Crippen molar-refractivity contribution in [2.24, 2.45) is 5.73 Å². The highest BCUT2D eigenvalue weighted by Crippen LogP contribution is 2.52. The van der Waals surface area contributed by atoms with Crippen LogP contribution in [0.4, 0.5) is 0 Å². The van der Waals surface area contributed by atoms with Crippen LogP contribution in [-0.4, -0.2) is 120 Å². The van der Waals surface area contributed by atoms with Crippen molar-refractivity contribution in [3.8, 4) is 11.5 Å². The number of rotatable bonds is 27. The molecule has 0 saturated heterocycles. The number of hydrogen-bond donors (Lipinski definition) is 7. The number of phosphoric ester groups is 2. The van der Waals surface area contributed by atoms with Gasteiger partial charge in [-0.05, 0) is 46.2 Å². The lowest BCUT2D eigenvalue weighted by atomic mass is 10.1. The second-order valence-corrected chi connectivity index (χ2v) is 14.4. The third kappa shape index (κ3) is 17.0. The summed E-state index contributed by atoms with van der Waals surface area (Å²) < 4.78 is 62.3. The van der Waals surface area contributed by atoms with Crippen molar-refractivity contribution in [2.45, 2.75) is 63.6 Å². The van der Waals surface area contributed by atoms with Gasteiger partial charge < -0.3 is 41.5 Å². The fraction of sp³-hybridized carbons (Fsp3) is 0.607. The van der Waals surface area contributed by atoms with Gasteiger partial charge in [0.2, 0.25) is 11.8 Å². The fourth-order valence-corrected chi connectivity index (χ4v) is 7.28. The number of phosphoric acid groups is 2. The Bertz CT molecular complexity index is 1450. The van der Waals surface area contributed by atoms with Crippen molar-refractivity contribution < 1.29 is 85.4 Å². The molecule has 0 heterocycles. The van der Waals surface area contributed by atoms with E-state index in [-0.39, 0.29) is 43.5 Å². The molecule has 8 N–H and O–H groups in total. The van der Waals surface area contributed by atoms with Crippen molar-refractivity contribution in [3.05, 3.63) is 17.7 Å². The van der Waals surface area contributed by atoms with Crippen molar-refractivity contribution in [1.29, 1.82) is 0 Å². The molecule has 1 rings (SSSR count). The minimum Gasteiger partial charge on any atom is -0.508 e. The Hall–Kier alpha value is -3.30. The van der Waals surface area contributed by atoms with E-state index in [2.05, 4.69) is 10.6 Å². The number of ether oxygens (including phenoxy) is 1. The maximum Gasteiger partial charge on any atom is 0.475 e. The molecule has 0 aliphatic heterocycles. The molecule has 0 saturated carbocycles. The van der Waals surface area contributed by atoms with Crippen LogP contribution < -0.4 is 16.4 Å². The predicted molar refractivity (Wildman–Crippen MR) is 181 cm³/mol. The number of nitrogens with two attached hydrogens (primary N) is 1. The lowest BCUT2D eigenvalue weighted by molar-refractivity contribution is -0.139. The molecule has 0 spiro atoms. The molecule has 0 radical (unpaired) electrons. The summed E-state index contributed by atoms with van der Waals surface area (Å²) in [6.45, 7) is 3.50. The highest BCUT2D eigenvalue weighted by Gasteiger charge is 2.35. The minimum absolute atomic E-state index is 0.0626. The molecule has 0 bridgehead atoms. The second kappa shape index (κ2) is 23.4. The van der Waals surface area contributed by atoms with Gasteiger partial charge in [-0.15, -0.1) is 11.8 Å². The Balaban J connectivity index is 3.24. The third-order valence-corrected chi connectivity index (χ3v) is 10.4. The normalized spacial score (nSPS) is 13.5. The number of carbonyl (C=O) groups excluding carboxylic acids is 3. The summed E-state index contributed by atoms with van der Waals surface area (Å²) in [6.07, 6.45) is -2.15. The molecule has 1 aromatic rings. The number of nitrogens with one attached hydrogen (secondary N) is 2. The molecule has 3 atom stereocenters. The van der Waals surface area contributed by atoms with Crippen LogP contribution in [0, 0.1) is 0 Å². The van der Waals surface area contributed by atoms with Crippen molar-refractivity contribution in [2.75, 3.05) is 51.9 Å². The van der Waals surface area contributed by atoms with Gasteiger partial charge in [0.25, 0.3) is 0 Å². The summed E-state index contributed by atoms with van der Waals surface area (Å²) in [5.74, 6) is -7.40. The van der Waals surface area contributed by atoms with E-state index in [1.54, 1.807) is 0 Å². The first-order valence-electron chi connectivity index (χ1n) is 15.7. The van der Waals surface area contributed by atoms with Gasteiger partial charge in [-0.1, -0.05) is 0 Å². The Morgan fingerprint density at radius 1 is 0.865 bits per heavy atom. The number of carboxylic acid groups (broad SMARTS) is 2. The number of phenolic OH excluding ortho intramolecular Hbond substituents is 2. The Labute approximate surface area is 303 Å². The van der Waals surface area contributed by atoms with E-state index in [0.717, 1.165) is 12.1 Å². The van der Waals surface area contributed by atoms with Gasteiger partial charge in [0.05, 0.1) is 37.9 Å². The molecule has 1 aromatic carbocycles. The molecule has 2 amide bonds. The van der Waals surface area contributed by atoms with Gasteiger partial charge in [-0.2, -0.15) is 0 Å². The van der Waals surface area contributed by atoms with Gasteiger partial charge in [-0.3, -0.25) is 46.3 Å². The average molecular weight is 806 g/mol. The number of esters is 1. The number of aliphatic carboxylic acids is 2. The molecule has 3 unspecified atom stereocenters. The quantitative estimate of drug-likeness (QED) is 0.0289. The number of phenols is 2. The van der Waals surface area contributed by atoms with E-state index in [1.807, 2.05) is 0 Å². The van der Waals surface area contributed by atoms with Crippen LogP contribution >= 0.6 is 27.4 Å². The lowest BCUT2D eigenvalue weighted by Gasteiger charge is -2.24. The molecule has 52 heavy (non-hydrogen) atoms. The third-order valence-electron chi connectivity index (χ3n) is 6.00. The minimum atomic E-state index is -4.27. The summed E-state index contributed by atoms with van der Waals surface area (Å²) >= 11 is 0.665. The molecule has 0 aliphatic rings. The second-order valence-electron chi connectivity index (χ2n) is 10.1. The van der Waals surface area contributed by atoms with Gasteiger partial charge in [0, 0.05) is 12.2 Å². The zero-order valence-corrected chi connectivity index (χ0v) is 31.4. The maximum atomic E-state index is 13.1. The molecule has 0 aliphatic carbocycles. The molecular weight excluding hydrogens is 760 g/mol. The number of amides is 2. The lowest BCUT2D eigenvalue weighted by Crippen LogP contribution is -2.49. The summed E-state index contributed by atoms with van der Waals surface area (Å²) in [7, 11) is -8.40. The SMILES string of the molecule is CCOP(=O)(OCC)OCC(COC(=O)c1cc(O)cc(SCC(NC(=O)CCC(N)C(=O)O)C(=O)NCC(=O)O)c1O)OP(=O)(OCC)OCC. The topological polar surface area (TPSA) is 315 Å². The molecular formula is C28H45N3O18P2S. The van der Waals surface area contributed by atoms with Crippen LogP contribution in [0.3, 0.4) is 0 Å². The van der Waals surface area contributed by atoms with Crippen LogP contribution in [0.5, 0.6) is 11.5 Å². The number of carboxylic acids is 2. The van der Waals surface area contributed by atoms with Gasteiger partial charge in [0.15, 0.2) is 0 Å². The molecule has 0 aromatic heterocycles. The van der Waals surface area contributed by atoms with E-state index in [0.29, 0.717) is 11.8 Å². The molecule has 21 nitrogen and oxygen atoms in total. The number of carbonyl (C=O) groups is 5. The van der Waals surface area contributed by atoms with E-state index >= 15 is 0 Å². The zero-order valence-electron chi connectivity index (χ0n) is 28.8. The van der Waals surface area contributed by atoms with Crippen LogP contribution in [-0.2, 0) is 60.2 Å². The maximum absolute atomic E-state index is 13.1. The Kier molecular flexibility index (Phi) is 21.0. The molecule has 296 valence electrons. The first-order valence-corrected chi connectivity index (χ1v) is 19.6. The van der Waals surface area contributed by atoms with Crippen molar-refractivity contribution in [3.63, 3.8) is 0 Å². The van der Waals surface area contributed by atoms with Crippen LogP contribution in [0.1, 0.15) is 50.9 Å². The summed E-state index contributed by atoms with van der Waals surface area (Å²) in [6, 6.07) is -0.927. The monoisotopic (exact) mass is 805 g/mol. The number of hydrogen-bond acceptors (Lipinski definition) is 18. The zero-order chi connectivity index (χ0) is 39.5. The Morgan fingerprint density at radius 3 is 1.98 bits per heavy atom. The fourth-order valence-electron chi connectivity index (χ4n) is 3.73. The summed E-state index contributed by atoms with van der Waals surface area (Å²) in [4.78, 5) is 60.0.